The van der Waals surface area contributed by atoms with Gasteiger partial charge in [-0.2, -0.15) is 0 Å². The number of thiophene rings is 1. The molecule has 27 heavy (non-hydrogen) atoms. The van der Waals surface area contributed by atoms with Crippen molar-refractivity contribution in [3.05, 3.63) is 46.7 Å². The van der Waals surface area contributed by atoms with Crippen LogP contribution < -0.4 is 15.5 Å². The lowest BCUT2D eigenvalue weighted by Gasteiger charge is -2.32. The molecule has 7 heteroatoms. The Morgan fingerprint density at radius 2 is 2.00 bits per heavy atom. The summed E-state index contributed by atoms with van der Waals surface area (Å²) in [6.07, 6.45) is 1.64. The first-order valence-corrected chi connectivity index (χ1v) is 10.0. The molecule has 0 aliphatic carbocycles. The van der Waals surface area contributed by atoms with Crippen molar-refractivity contribution in [1.82, 2.24) is 10.2 Å². The highest BCUT2D eigenvalue weighted by Crippen LogP contribution is 2.21. The van der Waals surface area contributed by atoms with E-state index in [0.29, 0.717) is 19.6 Å². The fraction of sp³-hybridized carbons (Fsp3) is 0.400. The maximum Gasteiger partial charge on any atom is 0.317 e. The van der Waals surface area contributed by atoms with Crippen LogP contribution in [0.25, 0.3) is 0 Å². The highest BCUT2D eigenvalue weighted by molar-refractivity contribution is 7.09. The Morgan fingerprint density at radius 3 is 2.67 bits per heavy atom. The van der Waals surface area contributed by atoms with E-state index < -0.39 is 0 Å². The van der Waals surface area contributed by atoms with E-state index in [-0.39, 0.29) is 17.9 Å². The fourth-order valence-corrected chi connectivity index (χ4v) is 3.80. The lowest BCUT2D eigenvalue weighted by atomic mass is 9.97. The smallest absolute Gasteiger partial charge is 0.317 e. The number of carbonyl (C=O) groups excluding carboxylic acids is 2. The fourth-order valence-electron chi connectivity index (χ4n) is 3.15. The zero-order chi connectivity index (χ0) is 19.2. The summed E-state index contributed by atoms with van der Waals surface area (Å²) < 4.78 is 0. The van der Waals surface area contributed by atoms with Gasteiger partial charge in [0.1, 0.15) is 0 Å². The van der Waals surface area contributed by atoms with E-state index in [1.807, 2.05) is 60.8 Å². The quantitative estimate of drug-likeness (QED) is 0.828. The van der Waals surface area contributed by atoms with Crippen molar-refractivity contribution >= 4 is 34.6 Å². The molecule has 2 N–H and O–H groups in total. The maximum absolute atomic E-state index is 12.6. The number of likely N-dealkylation sites (tertiary alicyclic amines) is 1. The molecular formula is C20H26N4O2S. The molecule has 3 rings (SSSR count). The standard InChI is InChI=1S/C20H26N4O2S/c1-23(2)17-9-7-16(8-10-17)22-19(25)15-5-3-11-24(14-15)20(26)21-13-18-6-4-12-27-18/h4,6-10,12,15H,3,5,11,13-14H2,1-2H3,(H,21,26)(H,22,25). The number of hydrogen-bond acceptors (Lipinski definition) is 4. The molecule has 1 atom stereocenters. The van der Waals surface area contributed by atoms with Gasteiger partial charge >= 0.3 is 6.03 Å². The molecule has 1 unspecified atom stereocenters. The van der Waals surface area contributed by atoms with Crippen molar-refractivity contribution in [2.75, 3.05) is 37.4 Å². The third-order valence-electron chi connectivity index (χ3n) is 4.72. The zero-order valence-corrected chi connectivity index (χ0v) is 16.6. The minimum Gasteiger partial charge on any atom is -0.378 e. The second-order valence-electron chi connectivity index (χ2n) is 6.95. The predicted octanol–water partition coefficient (Wildman–Crippen LogP) is 3.37. The molecule has 3 amide bonds. The van der Waals surface area contributed by atoms with Crippen molar-refractivity contribution in [1.29, 1.82) is 0 Å². The van der Waals surface area contributed by atoms with Gasteiger partial charge in [0.25, 0.3) is 0 Å². The van der Waals surface area contributed by atoms with E-state index >= 15 is 0 Å². The number of anilines is 2. The number of carbonyl (C=O) groups is 2. The second kappa shape index (κ2) is 8.90. The zero-order valence-electron chi connectivity index (χ0n) is 15.8. The molecule has 0 bridgehead atoms. The predicted molar refractivity (Wildman–Crippen MR) is 110 cm³/mol. The van der Waals surface area contributed by atoms with Gasteiger partial charge in [-0.1, -0.05) is 6.07 Å². The lowest BCUT2D eigenvalue weighted by Crippen LogP contribution is -2.47. The Morgan fingerprint density at radius 1 is 1.22 bits per heavy atom. The summed E-state index contributed by atoms with van der Waals surface area (Å²) in [7, 11) is 3.96. The van der Waals surface area contributed by atoms with E-state index in [9.17, 15) is 9.59 Å². The van der Waals surface area contributed by atoms with Gasteiger partial charge in [-0.05, 0) is 48.6 Å². The molecule has 0 spiro atoms. The van der Waals surface area contributed by atoms with Crippen molar-refractivity contribution in [3.8, 4) is 0 Å². The third kappa shape index (κ3) is 5.23. The number of urea groups is 1. The first kappa shape index (κ1) is 19.2. The summed E-state index contributed by atoms with van der Waals surface area (Å²) >= 11 is 1.62. The van der Waals surface area contributed by atoms with Gasteiger partial charge in [-0.3, -0.25) is 4.79 Å². The van der Waals surface area contributed by atoms with Crippen LogP contribution in [0.5, 0.6) is 0 Å². The van der Waals surface area contributed by atoms with Gasteiger partial charge in [-0.15, -0.1) is 11.3 Å². The number of benzene rings is 1. The monoisotopic (exact) mass is 386 g/mol. The van der Waals surface area contributed by atoms with E-state index in [0.717, 1.165) is 29.1 Å². The molecule has 2 aromatic rings. The number of amides is 3. The molecule has 0 radical (unpaired) electrons. The first-order valence-electron chi connectivity index (χ1n) is 9.16. The molecule has 1 aliphatic heterocycles. The average Bonchev–Trinajstić information content (AvgIpc) is 3.20. The Labute approximate surface area is 164 Å². The van der Waals surface area contributed by atoms with Crippen molar-refractivity contribution in [2.24, 2.45) is 5.92 Å². The summed E-state index contributed by atoms with van der Waals surface area (Å²) in [5, 5.41) is 7.91. The Balaban J connectivity index is 1.51. The van der Waals surface area contributed by atoms with Gasteiger partial charge in [0.05, 0.1) is 12.5 Å². The van der Waals surface area contributed by atoms with E-state index in [1.54, 1.807) is 16.2 Å². The van der Waals surface area contributed by atoms with Gasteiger partial charge in [0.15, 0.2) is 0 Å². The molecule has 1 aliphatic rings. The van der Waals surface area contributed by atoms with Gasteiger partial charge in [0.2, 0.25) is 5.91 Å². The van der Waals surface area contributed by atoms with Crippen molar-refractivity contribution in [3.63, 3.8) is 0 Å². The molecular weight excluding hydrogens is 360 g/mol. The van der Waals surface area contributed by atoms with Gasteiger partial charge in [-0.25, -0.2) is 4.79 Å². The molecule has 6 nitrogen and oxygen atoms in total. The van der Waals surface area contributed by atoms with Gasteiger partial charge in [0, 0.05) is 43.4 Å². The van der Waals surface area contributed by atoms with Crippen molar-refractivity contribution < 1.29 is 9.59 Å². The molecule has 1 saturated heterocycles. The van der Waals surface area contributed by atoms with Crippen LogP contribution in [0.4, 0.5) is 16.2 Å². The summed E-state index contributed by atoms with van der Waals surface area (Å²) in [6, 6.07) is 11.6. The minimum atomic E-state index is -0.181. The molecule has 144 valence electrons. The van der Waals surface area contributed by atoms with Crippen LogP contribution in [0.1, 0.15) is 17.7 Å². The third-order valence-corrected chi connectivity index (χ3v) is 5.60. The molecule has 1 fully saturated rings. The van der Waals surface area contributed by atoms with Crippen LogP contribution in [-0.2, 0) is 11.3 Å². The van der Waals surface area contributed by atoms with Crippen LogP contribution in [0.3, 0.4) is 0 Å². The molecule has 0 saturated carbocycles. The number of rotatable bonds is 5. The Bertz CT molecular complexity index is 759. The number of nitrogens with zero attached hydrogens (tertiary/aromatic N) is 2. The van der Waals surface area contributed by atoms with E-state index in [2.05, 4.69) is 10.6 Å². The van der Waals surface area contributed by atoms with Gasteiger partial charge < -0.3 is 20.4 Å². The summed E-state index contributed by atoms with van der Waals surface area (Å²) in [5.74, 6) is -0.205. The average molecular weight is 387 g/mol. The second-order valence-corrected chi connectivity index (χ2v) is 7.99. The molecule has 1 aromatic heterocycles. The summed E-state index contributed by atoms with van der Waals surface area (Å²) in [5.41, 5.74) is 1.86. The van der Waals surface area contributed by atoms with E-state index in [4.69, 9.17) is 0 Å². The number of piperidine rings is 1. The Hall–Kier alpha value is -2.54. The lowest BCUT2D eigenvalue weighted by molar-refractivity contribution is -0.121. The van der Waals surface area contributed by atoms with Crippen molar-refractivity contribution in [2.45, 2.75) is 19.4 Å². The largest absolute Gasteiger partial charge is 0.378 e. The Kier molecular flexibility index (Phi) is 6.34. The summed E-state index contributed by atoms with van der Waals surface area (Å²) in [6.45, 7) is 1.68. The molecule has 1 aromatic carbocycles. The normalized spacial score (nSPS) is 16.7. The van der Waals surface area contributed by atoms with Crippen LogP contribution in [0, 0.1) is 5.92 Å². The SMILES string of the molecule is CN(C)c1ccc(NC(=O)C2CCCN(C(=O)NCc3cccs3)C2)cc1. The van der Waals surface area contributed by atoms with Crippen LogP contribution in [0.15, 0.2) is 41.8 Å². The number of hydrogen-bond donors (Lipinski definition) is 2. The maximum atomic E-state index is 12.6. The summed E-state index contributed by atoms with van der Waals surface area (Å²) in [4.78, 5) is 29.9. The highest BCUT2D eigenvalue weighted by Gasteiger charge is 2.28. The molecule has 2 heterocycles. The number of nitrogens with one attached hydrogen (secondary N) is 2. The van der Waals surface area contributed by atoms with Crippen LogP contribution in [-0.4, -0.2) is 44.0 Å². The van der Waals surface area contributed by atoms with Crippen LogP contribution in [0.2, 0.25) is 0 Å². The van der Waals surface area contributed by atoms with E-state index in [1.165, 1.54) is 0 Å². The minimum absolute atomic E-state index is 0.0247. The van der Waals surface area contributed by atoms with Crippen LogP contribution >= 0.6 is 11.3 Å². The highest BCUT2D eigenvalue weighted by atomic mass is 32.1. The first-order chi connectivity index (χ1) is 13.0. The topological polar surface area (TPSA) is 64.7 Å².